The molecule has 0 radical (unpaired) electrons. The molecule has 0 saturated carbocycles. The van der Waals surface area contributed by atoms with E-state index in [-0.39, 0.29) is 12.5 Å². The Morgan fingerprint density at radius 2 is 1.80 bits per heavy atom. The maximum atomic E-state index is 12.5. The zero-order chi connectivity index (χ0) is 14.4. The lowest BCUT2D eigenvalue weighted by Gasteiger charge is -2.18. The number of aliphatic hydroxyl groups is 1. The molecule has 0 aliphatic rings. The standard InChI is InChI=1S/C17H21NO2/c1-18(12-5-2-6-13-19)17(20)16-11-7-9-14-8-3-4-10-15(14)16/h3-4,7-11,19H,2,5-6,12-13H2,1H3. The van der Waals surface area contributed by atoms with Gasteiger partial charge < -0.3 is 10.0 Å². The fourth-order valence-electron chi connectivity index (χ4n) is 2.36. The number of rotatable bonds is 6. The van der Waals surface area contributed by atoms with E-state index in [1.54, 1.807) is 4.90 Å². The molecule has 0 spiro atoms. The highest BCUT2D eigenvalue weighted by atomic mass is 16.2. The second kappa shape index (κ2) is 7.06. The molecule has 1 amide bonds. The van der Waals surface area contributed by atoms with Crippen LogP contribution in [0.3, 0.4) is 0 Å². The number of unbranched alkanes of at least 4 members (excludes halogenated alkanes) is 2. The zero-order valence-corrected chi connectivity index (χ0v) is 11.9. The van der Waals surface area contributed by atoms with Gasteiger partial charge in [0.05, 0.1) is 0 Å². The molecular formula is C17H21NO2. The van der Waals surface area contributed by atoms with Crippen LogP contribution in [0.15, 0.2) is 42.5 Å². The third-order valence-corrected chi connectivity index (χ3v) is 3.52. The van der Waals surface area contributed by atoms with Crippen molar-refractivity contribution in [3.05, 3.63) is 48.0 Å². The van der Waals surface area contributed by atoms with E-state index in [0.717, 1.165) is 42.1 Å². The van der Waals surface area contributed by atoms with E-state index >= 15 is 0 Å². The predicted molar refractivity (Wildman–Crippen MR) is 81.8 cm³/mol. The SMILES string of the molecule is CN(CCCCCO)C(=O)c1cccc2ccccc12. The van der Waals surface area contributed by atoms with Gasteiger partial charge in [0.15, 0.2) is 0 Å². The van der Waals surface area contributed by atoms with Crippen LogP contribution >= 0.6 is 0 Å². The third kappa shape index (κ3) is 3.36. The third-order valence-electron chi connectivity index (χ3n) is 3.52. The van der Waals surface area contributed by atoms with Crippen molar-refractivity contribution in [3.63, 3.8) is 0 Å². The van der Waals surface area contributed by atoms with Gasteiger partial charge in [-0.3, -0.25) is 4.79 Å². The summed E-state index contributed by atoms with van der Waals surface area (Å²) in [4.78, 5) is 14.3. The van der Waals surface area contributed by atoms with E-state index in [4.69, 9.17) is 5.11 Å². The largest absolute Gasteiger partial charge is 0.396 e. The molecule has 0 saturated heterocycles. The quantitative estimate of drug-likeness (QED) is 0.820. The van der Waals surface area contributed by atoms with E-state index in [0.29, 0.717) is 0 Å². The Morgan fingerprint density at radius 1 is 1.05 bits per heavy atom. The number of aliphatic hydroxyl groups excluding tert-OH is 1. The minimum absolute atomic E-state index is 0.0609. The summed E-state index contributed by atoms with van der Waals surface area (Å²) in [5.74, 6) is 0.0609. The summed E-state index contributed by atoms with van der Waals surface area (Å²) in [6.07, 6.45) is 2.67. The van der Waals surface area contributed by atoms with Gasteiger partial charge in [0.2, 0.25) is 0 Å². The number of carbonyl (C=O) groups excluding carboxylic acids is 1. The van der Waals surface area contributed by atoms with E-state index in [1.165, 1.54) is 0 Å². The van der Waals surface area contributed by atoms with Gasteiger partial charge in [-0.05, 0) is 36.1 Å². The van der Waals surface area contributed by atoms with Crippen LogP contribution in [0.4, 0.5) is 0 Å². The minimum atomic E-state index is 0.0609. The molecule has 2 aromatic rings. The number of hydrogen-bond acceptors (Lipinski definition) is 2. The van der Waals surface area contributed by atoms with E-state index in [1.807, 2.05) is 49.5 Å². The molecule has 0 aliphatic heterocycles. The summed E-state index contributed by atoms with van der Waals surface area (Å²) in [7, 11) is 1.84. The average Bonchev–Trinajstić information content (AvgIpc) is 2.50. The second-order valence-electron chi connectivity index (χ2n) is 5.04. The van der Waals surface area contributed by atoms with Crippen molar-refractivity contribution in [2.75, 3.05) is 20.2 Å². The maximum Gasteiger partial charge on any atom is 0.254 e. The van der Waals surface area contributed by atoms with Crippen LogP contribution in [-0.4, -0.2) is 36.1 Å². The topological polar surface area (TPSA) is 40.5 Å². The molecule has 20 heavy (non-hydrogen) atoms. The van der Waals surface area contributed by atoms with Crippen molar-refractivity contribution < 1.29 is 9.90 Å². The molecule has 0 aromatic heterocycles. The lowest BCUT2D eigenvalue weighted by molar-refractivity contribution is 0.0794. The number of fused-ring (bicyclic) bond motifs is 1. The molecule has 0 fully saturated rings. The summed E-state index contributed by atoms with van der Waals surface area (Å²) in [5.41, 5.74) is 0.757. The maximum absolute atomic E-state index is 12.5. The van der Waals surface area contributed by atoms with Crippen LogP contribution in [-0.2, 0) is 0 Å². The Balaban J connectivity index is 2.10. The number of nitrogens with zero attached hydrogens (tertiary/aromatic N) is 1. The Hall–Kier alpha value is -1.87. The summed E-state index contributed by atoms with van der Waals surface area (Å²) in [6.45, 7) is 0.947. The van der Waals surface area contributed by atoms with Crippen LogP contribution in [0, 0.1) is 0 Å². The number of hydrogen-bond donors (Lipinski definition) is 1. The van der Waals surface area contributed by atoms with Crippen LogP contribution in [0.1, 0.15) is 29.6 Å². The lowest BCUT2D eigenvalue weighted by Crippen LogP contribution is -2.27. The van der Waals surface area contributed by atoms with Crippen LogP contribution in [0.25, 0.3) is 10.8 Å². The monoisotopic (exact) mass is 271 g/mol. The van der Waals surface area contributed by atoms with Crippen molar-refractivity contribution in [3.8, 4) is 0 Å². The van der Waals surface area contributed by atoms with Gasteiger partial charge in [-0.25, -0.2) is 0 Å². The first-order valence-electron chi connectivity index (χ1n) is 7.08. The van der Waals surface area contributed by atoms with Gasteiger partial charge in [-0.15, -0.1) is 0 Å². The first-order valence-corrected chi connectivity index (χ1v) is 7.08. The van der Waals surface area contributed by atoms with Gasteiger partial charge in [-0.1, -0.05) is 36.4 Å². The summed E-state index contributed by atoms with van der Waals surface area (Å²) in [6, 6.07) is 13.8. The molecule has 0 unspecified atom stereocenters. The fourth-order valence-corrected chi connectivity index (χ4v) is 2.36. The lowest BCUT2D eigenvalue weighted by atomic mass is 10.0. The van der Waals surface area contributed by atoms with E-state index in [9.17, 15) is 4.79 Å². The minimum Gasteiger partial charge on any atom is -0.396 e. The number of carbonyl (C=O) groups is 1. The van der Waals surface area contributed by atoms with Gasteiger partial charge in [0.25, 0.3) is 5.91 Å². The van der Waals surface area contributed by atoms with E-state index in [2.05, 4.69) is 0 Å². The first-order chi connectivity index (χ1) is 9.74. The molecule has 2 aromatic carbocycles. The van der Waals surface area contributed by atoms with Gasteiger partial charge in [-0.2, -0.15) is 0 Å². The molecule has 0 aliphatic carbocycles. The van der Waals surface area contributed by atoms with Gasteiger partial charge in [0, 0.05) is 25.8 Å². The highest BCUT2D eigenvalue weighted by Gasteiger charge is 2.13. The molecular weight excluding hydrogens is 250 g/mol. The molecule has 0 heterocycles. The highest BCUT2D eigenvalue weighted by molar-refractivity contribution is 6.06. The van der Waals surface area contributed by atoms with Crippen LogP contribution < -0.4 is 0 Å². The normalized spacial score (nSPS) is 10.7. The van der Waals surface area contributed by atoms with Crippen molar-refractivity contribution in [1.82, 2.24) is 4.90 Å². The van der Waals surface area contributed by atoms with Crippen LogP contribution in [0.5, 0.6) is 0 Å². The Bertz CT molecular complexity index is 575. The van der Waals surface area contributed by atoms with Gasteiger partial charge >= 0.3 is 0 Å². The Labute approximate surface area is 119 Å². The van der Waals surface area contributed by atoms with Crippen molar-refractivity contribution in [2.45, 2.75) is 19.3 Å². The second-order valence-corrected chi connectivity index (χ2v) is 5.04. The molecule has 2 rings (SSSR count). The Morgan fingerprint density at radius 3 is 2.60 bits per heavy atom. The summed E-state index contributed by atoms with van der Waals surface area (Å²) < 4.78 is 0. The Kier molecular flexibility index (Phi) is 5.13. The molecule has 0 atom stereocenters. The summed E-state index contributed by atoms with van der Waals surface area (Å²) >= 11 is 0. The molecule has 3 heteroatoms. The molecule has 3 nitrogen and oxygen atoms in total. The smallest absolute Gasteiger partial charge is 0.254 e. The highest BCUT2D eigenvalue weighted by Crippen LogP contribution is 2.19. The van der Waals surface area contributed by atoms with Crippen molar-refractivity contribution >= 4 is 16.7 Å². The first kappa shape index (κ1) is 14.5. The zero-order valence-electron chi connectivity index (χ0n) is 11.9. The summed E-state index contributed by atoms with van der Waals surface area (Å²) in [5, 5.41) is 10.8. The molecule has 1 N–H and O–H groups in total. The number of amides is 1. The van der Waals surface area contributed by atoms with E-state index < -0.39 is 0 Å². The van der Waals surface area contributed by atoms with Crippen molar-refractivity contribution in [1.29, 1.82) is 0 Å². The molecule has 0 bridgehead atoms. The fraction of sp³-hybridized carbons (Fsp3) is 0.353. The van der Waals surface area contributed by atoms with Crippen LogP contribution in [0.2, 0.25) is 0 Å². The predicted octanol–water partition coefficient (Wildman–Crippen LogP) is 3.07. The molecule has 106 valence electrons. The van der Waals surface area contributed by atoms with Gasteiger partial charge in [0.1, 0.15) is 0 Å². The number of benzene rings is 2. The van der Waals surface area contributed by atoms with Crippen molar-refractivity contribution in [2.24, 2.45) is 0 Å². The average molecular weight is 271 g/mol.